The molecule has 0 rings (SSSR count). The van der Waals surface area contributed by atoms with E-state index in [2.05, 4.69) is 36.5 Å². The van der Waals surface area contributed by atoms with Crippen molar-refractivity contribution in [3.8, 4) is 0 Å². The van der Waals surface area contributed by atoms with Crippen LogP contribution in [0.1, 0.15) is 84.0 Å². The first-order valence-corrected chi connectivity index (χ1v) is 9.43. The van der Waals surface area contributed by atoms with Gasteiger partial charge in [0.25, 0.3) is 0 Å². The molecule has 0 radical (unpaired) electrons. The number of rotatable bonds is 16. The molecule has 1 amide bonds. The molecule has 0 aliphatic heterocycles. The molecule has 0 unspecified atom stereocenters. The molecule has 0 atom stereocenters. The van der Waals surface area contributed by atoms with Crippen molar-refractivity contribution in [3.05, 3.63) is 24.3 Å². The monoisotopic (exact) mass is 375 g/mol. The molecule has 4 nitrogen and oxygen atoms in total. The van der Waals surface area contributed by atoms with Crippen LogP contribution in [-0.4, -0.2) is 18.4 Å². The molecule has 1 N–H and O–H groups in total. The number of allylic oxidation sites excluding steroid dienone is 4. The van der Waals surface area contributed by atoms with Crippen LogP contribution in [0, 0.1) is 0 Å². The third kappa shape index (κ3) is 24.1. The molecular weight excluding hydrogens is 341 g/mol. The second kappa shape index (κ2) is 22.1. The van der Waals surface area contributed by atoms with Crippen LogP contribution in [-0.2, 0) is 9.59 Å². The van der Waals surface area contributed by atoms with Gasteiger partial charge in [0.2, 0.25) is 5.91 Å². The molecule has 0 aromatic rings. The maximum absolute atomic E-state index is 11.3. The van der Waals surface area contributed by atoms with E-state index in [-0.39, 0.29) is 63.8 Å². The Bertz CT molecular complexity index is 381. The third-order valence-corrected chi connectivity index (χ3v) is 3.78. The average molecular weight is 376 g/mol. The van der Waals surface area contributed by atoms with Gasteiger partial charge in [0, 0.05) is 6.42 Å². The van der Waals surface area contributed by atoms with Crippen molar-refractivity contribution < 1.29 is 66.1 Å². The Morgan fingerprint density at radius 3 is 2.00 bits per heavy atom. The Morgan fingerprint density at radius 1 is 0.840 bits per heavy atom. The van der Waals surface area contributed by atoms with Crippen molar-refractivity contribution in [3.63, 3.8) is 0 Å². The largest absolute Gasteiger partial charge is 1.00 e. The summed E-state index contributed by atoms with van der Waals surface area (Å²) in [6, 6.07) is 0. The molecule has 5 heteroatoms. The summed E-state index contributed by atoms with van der Waals surface area (Å²) >= 11 is 0. The molecular formula is C20H34KNO3. The van der Waals surface area contributed by atoms with E-state index in [1.807, 2.05) is 0 Å². The van der Waals surface area contributed by atoms with E-state index < -0.39 is 5.97 Å². The Morgan fingerprint density at radius 2 is 1.40 bits per heavy atom. The topological polar surface area (TPSA) is 69.2 Å². The zero-order valence-electron chi connectivity index (χ0n) is 16.2. The van der Waals surface area contributed by atoms with Gasteiger partial charge in [0.1, 0.15) is 0 Å². The number of carbonyl (C=O) groups excluding carboxylic acids is 2. The van der Waals surface area contributed by atoms with Crippen LogP contribution in [0.15, 0.2) is 24.3 Å². The molecule has 0 saturated carbocycles. The SMILES string of the molecule is CCCCC/C=C\C/C=C\CCCCCCCC(=O)NCC(=O)[O-].[K+]. The summed E-state index contributed by atoms with van der Waals surface area (Å²) in [6.07, 6.45) is 22.0. The van der Waals surface area contributed by atoms with Crippen molar-refractivity contribution in [1.29, 1.82) is 0 Å². The summed E-state index contributed by atoms with van der Waals surface area (Å²) in [5.74, 6) is -1.45. The minimum atomic E-state index is -1.25. The Hall–Kier alpha value is 0.0564. The van der Waals surface area contributed by atoms with E-state index in [4.69, 9.17) is 0 Å². The molecule has 25 heavy (non-hydrogen) atoms. The molecule has 0 saturated heterocycles. The fourth-order valence-electron chi connectivity index (χ4n) is 2.36. The van der Waals surface area contributed by atoms with Crippen LogP contribution in [0.2, 0.25) is 0 Å². The predicted octanol–water partition coefficient (Wildman–Crippen LogP) is 0.670. The van der Waals surface area contributed by atoms with Crippen molar-refractivity contribution in [1.82, 2.24) is 5.32 Å². The zero-order valence-corrected chi connectivity index (χ0v) is 19.3. The molecule has 0 heterocycles. The quantitative estimate of drug-likeness (QED) is 0.245. The van der Waals surface area contributed by atoms with E-state index in [9.17, 15) is 14.7 Å². The predicted molar refractivity (Wildman–Crippen MR) is 97.4 cm³/mol. The van der Waals surface area contributed by atoms with Gasteiger partial charge < -0.3 is 15.2 Å². The molecule has 0 aromatic carbocycles. The Kier molecular flexibility index (Phi) is 24.1. The number of hydrogen-bond donors (Lipinski definition) is 1. The van der Waals surface area contributed by atoms with E-state index in [0.717, 1.165) is 32.1 Å². The minimum absolute atomic E-state index is 0. The zero-order chi connectivity index (χ0) is 17.9. The van der Waals surface area contributed by atoms with E-state index >= 15 is 0 Å². The Balaban J connectivity index is 0. The van der Waals surface area contributed by atoms with Gasteiger partial charge in [-0.15, -0.1) is 0 Å². The van der Waals surface area contributed by atoms with Gasteiger partial charge in [-0.2, -0.15) is 0 Å². The summed E-state index contributed by atoms with van der Waals surface area (Å²) in [5.41, 5.74) is 0. The third-order valence-electron chi connectivity index (χ3n) is 3.78. The van der Waals surface area contributed by atoms with Gasteiger partial charge in [-0.25, -0.2) is 0 Å². The van der Waals surface area contributed by atoms with Gasteiger partial charge >= 0.3 is 51.4 Å². The molecule has 138 valence electrons. The van der Waals surface area contributed by atoms with Gasteiger partial charge in [-0.05, 0) is 38.5 Å². The first kappa shape index (κ1) is 27.3. The molecule has 0 spiro atoms. The number of carbonyl (C=O) groups is 2. The van der Waals surface area contributed by atoms with Crippen molar-refractivity contribution >= 4 is 11.9 Å². The number of unbranched alkanes of at least 4 members (excludes halogenated alkanes) is 8. The van der Waals surface area contributed by atoms with Gasteiger partial charge in [0.15, 0.2) is 0 Å². The van der Waals surface area contributed by atoms with Crippen LogP contribution < -0.4 is 61.8 Å². The number of aliphatic carboxylic acids is 1. The van der Waals surface area contributed by atoms with Crippen LogP contribution in [0.5, 0.6) is 0 Å². The minimum Gasteiger partial charge on any atom is -0.548 e. The molecule has 0 aliphatic carbocycles. The maximum Gasteiger partial charge on any atom is 1.00 e. The summed E-state index contributed by atoms with van der Waals surface area (Å²) in [7, 11) is 0. The second-order valence-electron chi connectivity index (χ2n) is 6.13. The fourth-order valence-corrected chi connectivity index (χ4v) is 2.36. The standard InChI is InChI=1S/C20H35NO3.K/c1-2-3-4-5-6-7-8-9-10-11-12-13-14-15-16-17-19(22)21-18-20(23)24;/h6-7,9-10H,2-5,8,11-18H2,1H3,(H,21,22)(H,23,24);/q;+1/p-1/b7-6-,10-9-;. The van der Waals surface area contributed by atoms with Gasteiger partial charge in [-0.1, -0.05) is 63.3 Å². The summed E-state index contributed by atoms with van der Waals surface area (Å²) in [6.45, 7) is 1.84. The van der Waals surface area contributed by atoms with Crippen molar-refractivity contribution in [2.45, 2.75) is 84.0 Å². The van der Waals surface area contributed by atoms with Crippen LogP contribution in [0.3, 0.4) is 0 Å². The summed E-state index contributed by atoms with van der Waals surface area (Å²) in [4.78, 5) is 21.4. The second-order valence-corrected chi connectivity index (χ2v) is 6.13. The molecule has 0 fully saturated rings. The molecule has 0 aliphatic rings. The van der Waals surface area contributed by atoms with Crippen LogP contribution >= 0.6 is 0 Å². The van der Waals surface area contributed by atoms with E-state index in [0.29, 0.717) is 6.42 Å². The fraction of sp³-hybridized carbons (Fsp3) is 0.700. The average Bonchev–Trinajstić information content (AvgIpc) is 2.56. The number of nitrogens with one attached hydrogen (secondary N) is 1. The van der Waals surface area contributed by atoms with E-state index in [1.165, 1.54) is 38.5 Å². The first-order chi connectivity index (χ1) is 11.7. The van der Waals surface area contributed by atoms with E-state index in [1.54, 1.807) is 0 Å². The normalized spacial score (nSPS) is 10.9. The van der Waals surface area contributed by atoms with Gasteiger partial charge in [-0.3, -0.25) is 4.79 Å². The summed E-state index contributed by atoms with van der Waals surface area (Å²) < 4.78 is 0. The first-order valence-electron chi connectivity index (χ1n) is 9.43. The Labute approximate surface area is 196 Å². The van der Waals surface area contributed by atoms with Crippen molar-refractivity contribution in [2.75, 3.05) is 6.54 Å². The smallest absolute Gasteiger partial charge is 0.548 e. The van der Waals surface area contributed by atoms with Gasteiger partial charge in [0.05, 0.1) is 12.5 Å². The number of hydrogen-bond acceptors (Lipinski definition) is 3. The molecule has 0 aromatic heterocycles. The summed E-state index contributed by atoms with van der Waals surface area (Å²) in [5, 5.41) is 12.5. The van der Waals surface area contributed by atoms with Crippen LogP contribution in [0.4, 0.5) is 0 Å². The number of amides is 1. The maximum atomic E-state index is 11.3. The van der Waals surface area contributed by atoms with Crippen LogP contribution in [0.25, 0.3) is 0 Å². The number of carboxylic acid groups (broad SMARTS) is 1. The van der Waals surface area contributed by atoms with Crippen molar-refractivity contribution in [2.24, 2.45) is 0 Å². The number of carboxylic acids is 1. The molecule has 0 bridgehead atoms.